The summed E-state index contributed by atoms with van der Waals surface area (Å²) in [4.78, 5) is 20.5. The highest BCUT2D eigenvalue weighted by atomic mass is 35.5. The number of carbonyl (C=O) groups excluding carboxylic acids is 1. The number of halogens is 1. The number of carbonyl (C=O) groups is 1. The van der Waals surface area contributed by atoms with E-state index >= 15 is 0 Å². The van der Waals surface area contributed by atoms with Crippen LogP contribution in [0.15, 0.2) is 70.6 Å². The smallest absolute Gasteiger partial charge is 0.271 e. The zero-order valence-corrected chi connectivity index (χ0v) is 21.0. The highest BCUT2D eigenvalue weighted by Crippen LogP contribution is 2.40. The first-order chi connectivity index (χ1) is 16.4. The van der Waals surface area contributed by atoms with E-state index in [0.29, 0.717) is 33.2 Å². The summed E-state index contributed by atoms with van der Waals surface area (Å²) < 4.78 is 11.1. The number of aryl methyl sites for hydroxylation is 2. The van der Waals surface area contributed by atoms with E-state index in [9.17, 15) is 4.79 Å². The molecule has 0 aliphatic carbocycles. The Balaban J connectivity index is 1.77. The third-order valence-electron chi connectivity index (χ3n) is 5.19. The van der Waals surface area contributed by atoms with Gasteiger partial charge < -0.3 is 9.47 Å². The molecule has 174 valence electrons. The van der Waals surface area contributed by atoms with Gasteiger partial charge in [0.25, 0.3) is 5.91 Å². The Bertz CT molecular complexity index is 1270. The Kier molecular flexibility index (Phi) is 7.29. The lowest BCUT2D eigenvalue weighted by molar-refractivity contribution is -0.113. The summed E-state index contributed by atoms with van der Waals surface area (Å²) in [6.07, 6.45) is 1.81. The molecule has 0 spiro atoms. The molecule has 0 atom stereocenters. The van der Waals surface area contributed by atoms with Crippen LogP contribution in [0.2, 0.25) is 5.02 Å². The molecule has 0 N–H and O–H groups in total. The van der Waals surface area contributed by atoms with Gasteiger partial charge in [0.05, 0.1) is 35.0 Å². The number of hydrogen-bond donors (Lipinski definition) is 0. The molecule has 4 rings (SSSR count). The number of aliphatic imine (C=N–C) groups is 1. The quantitative estimate of drug-likeness (QED) is 0.342. The van der Waals surface area contributed by atoms with E-state index in [2.05, 4.69) is 0 Å². The number of amidine groups is 1. The molecule has 3 aromatic carbocycles. The standard InChI is InChI=1S/C27H25ClN2O3S/c1-5-33-23-15-19(14-22(28)25(23)32-4)16-24-26(31)30(21-12-8-18(3)9-13-21)27(34-24)29-20-10-6-17(2)7-11-20/h6-16H,5H2,1-4H3. The monoisotopic (exact) mass is 492 g/mol. The second-order valence-electron chi connectivity index (χ2n) is 7.78. The lowest BCUT2D eigenvalue weighted by Crippen LogP contribution is -2.28. The summed E-state index contributed by atoms with van der Waals surface area (Å²) in [5, 5.41) is 1.01. The summed E-state index contributed by atoms with van der Waals surface area (Å²) in [5.74, 6) is 0.854. The molecule has 0 aromatic heterocycles. The second kappa shape index (κ2) is 10.4. The van der Waals surface area contributed by atoms with Crippen LogP contribution in [-0.2, 0) is 4.79 Å². The molecule has 1 saturated heterocycles. The van der Waals surface area contributed by atoms with Crippen molar-refractivity contribution in [2.75, 3.05) is 18.6 Å². The van der Waals surface area contributed by atoms with Crippen LogP contribution in [0.5, 0.6) is 11.5 Å². The Morgan fingerprint density at radius 2 is 1.68 bits per heavy atom. The van der Waals surface area contributed by atoms with Gasteiger partial charge in [-0.2, -0.15) is 0 Å². The van der Waals surface area contributed by atoms with Crippen molar-refractivity contribution in [1.82, 2.24) is 0 Å². The zero-order valence-electron chi connectivity index (χ0n) is 19.5. The predicted molar refractivity (Wildman–Crippen MR) is 142 cm³/mol. The molecule has 7 heteroatoms. The number of hydrogen-bond acceptors (Lipinski definition) is 5. The number of rotatable bonds is 6. The average molecular weight is 493 g/mol. The van der Waals surface area contributed by atoms with Crippen molar-refractivity contribution >= 4 is 51.9 Å². The van der Waals surface area contributed by atoms with Crippen molar-refractivity contribution < 1.29 is 14.3 Å². The molecule has 0 bridgehead atoms. The SMILES string of the molecule is CCOc1cc(C=C2SC(=Nc3ccc(C)cc3)N(c3ccc(C)cc3)C2=O)cc(Cl)c1OC. The number of thioether (sulfide) groups is 1. The van der Waals surface area contributed by atoms with Crippen molar-refractivity contribution in [3.05, 3.63) is 87.3 Å². The van der Waals surface area contributed by atoms with Gasteiger partial charge >= 0.3 is 0 Å². The molecule has 3 aromatic rings. The Labute approximate surface area is 209 Å². The molecule has 5 nitrogen and oxygen atoms in total. The summed E-state index contributed by atoms with van der Waals surface area (Å²) in [6, 6.07) is 19.3. The van der Waals surface area contributed by atoms with E-state index in [1.165, 1.54) is 11.8 Å². The molecule has 34 heavy (non-hydrogen) atoms. The van der Waals surface area contributed by atoms with Gasteiger partial charge in [0.15, 0.2) is 16.7 Å². The van der Waals surface area contributed by atoms with Crippen LogP contribution >= 0.6 is 23.4 Å². The number of benzene rings is 3. The van der Waals surface area contributed by atoms with Crippen LogP contribution in [0.4, 0.5) is 11.4 Å². The van der Waals surface area contributed by atoms with Gasteiger partial charge in [-0.3, -0.25) is 9.69 Å². The van der Waals surface area contributed by atoms with Crippen molar-refractivity contribution in [3.8, 4) is 11.5 Å². The van der Waals surface area contributed by atoms with Gasteiger partial charge in [0.2, 0.25) is 0 Å². The first kappa shape index (κ1) is 23.9. The molecule has 0 unspecified atom stereocenters. The van der Waals surface area contributed by atoms with Crippen LogP contribution in [0.1, 0.15) is 23.6 Å². The fourth-order valence-electron chi connectivity index (χ4n) is 3.48. The lowest BCUT2D eigenvalue weighted by Gasteiger charge is -2.16. The molecule has 0 saturated carbocycles. The number of anilines is 1. The highest BCUT2D eigenvalue weighted by Gasteiger charge is 2.35. The van der Waals surface area contributed by atoms with E-state index in [1.54, 1.807) is 24.2 Å². The number of amides is 1. The maximum absolute atomic E-state index is 13.5. The average Bonchev–Trinajstić information content (AvgIpc) is 3.10. The summed E-state index contributed by atoms with van der Waals surface area (Å²) in [6.45, 7) is 6.40. The maximum atomic E-state index is 13.5. The van der Waals surface area contributed by atoms with Gasteiger partial charge in [-0.25, -0.2) is 4.99 Å². The molecular weight excluding hydrogens is 468 g/mol. The largest absolute Gasteiger partial charge is 0.491 e. The van der Waals surface area contributed by atoms with Gasteiger partial charge in [0, 0.05) is 0 Å². The van der Waals surface area contributed by atoms with E-state index in [4.69, 9.17) is 26.1 Å². The van der Waals surface area contributed by atoms with Crippen molar-refractivity contribution in [3.63, 3.8) is 0 Å². The summed E-state index contributed by atoms with van der Waals surface area (Å²) >= 11 is 7.75. The molecule has 1 fully saturated rings. The third-order valence-corrected chi connectivity index (χ3v) is 6.44. The first-order valence-corrected chi connectivity index (χ1v) is 12.1. The Morgan fingerprint density at radius 3 is 2.29 bits per heavy atom. The van der Waals surface area contributed by atoms with E-state index in [-0.39, 0.29) is 5.91 Å². The van der Waals surface area contributed by atoms with Crippen LogP contribution in [0.3, 0.4) is 0 Å². The van der Waals surface area contributed by atoms with E-state index < -0.39 is 0 Å². The molecular formula is C27H25ClN2O3S. The van der Waals surface area contributed by atoms with Crippen molar-refractivity contribution in [1.29, 1.82) is 0 Å². The van der Waals surface area contributed by atoms with Crippen molar-refractivity contribution in [2.45, 2.75) is 20.8 Å². The Hall–Kier alpha value is -3.22. The van der Waals surface area contributed by atoms with E-state index in [0.717, 1.165) is 28.1 Å². The Morgan fingerprint density at radius 1 is 1.03 bits per heavy atom. The molecule has 1 aliphatic heterocycles. The van der Waals surface area contributed by atoms with Crippen LogP contribution in [0, 0.1) is 13.8 Å². The first-order valence-electron chi connectivity index (χ1n) is 10.9. The van der Waals surface area contributed by atoms with Gasteiger partial charge in [-0.1, -0.05) is 47.0 Å². The van der Waals surface area contributed by atoms with Crippen LogP contribution in [0.25, 0.3) is 6.08 Å². The minimum Gasteiger partial charge on any atom is -0.491 e. The fourth-order valence-corrected chi connectivity index (χ4v) is 4.78. The number of ether oxygens (including phenoxy) is 2. The maximum Gasteiger partial charge on any atom is 0.271 e. The third kappa shape index (κ3) is 5.13. The van der Waals surface area contributed by atoms with Gasteiger partial charge in [-0.15, -0.1) is 0 Å². The summed E-state index contributed by atoms with van der Waals surface area (Å²) in [5.41, 5.74) is 4.56. The molecule has 1 aliphatic rings. The normalized spacial score (nSPS) is 15.9. The zero-order chi connectivity index (χ0) is 24.2. The number of methoxy groups -OCH3 is 1. The van der Waals surface area contributed by atoms with Crippen molar-refractivity contribution in [2.24, 2.45) is 4.99 Å². The fraction of sp³-hybridized carbons (Fsp3) is 0.185. The topological polar surface area (TPSA) is 51.1 Å². The predicted octanol–water partition coefficient (Wildman–Crippen LogP) is 7.17. The molecule has 1 amide bonds. The van der Waals surface area contributed by atoms with Gasteiger partial charge in [-0.05, 0) is 80.6 Å². The van der Waals surface area contributed by atoms with Crippen LogP contribution in [-0.4, -0.2) is 24.8 Å². The summed E-state index contributed by atoms with van der Waals surface area (Å²) in [7, 11) is 1.55. The van der Waals surface area contributed by atoms with E-state index in [1.807, 2.05) is 75.4 Å². The lowest BCUT2D eigenvalue weighted by atomic mass is 10.1. The van der Waals surface area contributed by atoms with Gasteiger partial charge in [0.1, 0.15) is 0 Å². The molecule has 0 radical (unpaired) electrons. The number of nitrogens with zero attached hydrogens (tertiary/aromatic N) is 2. The van der Waals surface area contributed by atoms with Crippen LogP contribution < -0.4 is 14.4 Å². The molecule has 1 heterocycles. The highest BCUT2D eigenvalue weighted by molar-refractivity contribution is 8.19. The second-order valence-corrected chi connectivity index (χ2v) is 9.20. The minimum atomic E-state index is -0.149. The minimum absolute atomic E-state index is 0.149.